The number of nitrogens with one attached hydrogen (secondary N) is 6. The minimum Gasteiger partial charge on any atom is -0.453 e. The SMILES string of the molecule is COC(=O)N[C@@H](C)C(=O)N[C@H](c1ncc(-c2ccc(-c3ccc(-c4cnc([C@@H](NC(=O)[C@H](C)NC5OCO5)C(C)C)[nH]4)cc3)cc2)[nH]1)C(C)C. The average molecular weight is 687 g/mol. The summed E-state index contributed by atoms with van der Waals surface area (Å²) in [5.74, 6) is 0.933. The molecule has 5 rings (SSSR count). The Bertz CT molecular complexity index is 1750. The lowest BCUT2D eigenvalue weighted by Gasteiger charge is -2.30. The number of amides is 3. The molecule has 6 N–H and O–H groups in total. The summed E-state index contributed by atoms with van der Waals surface area (Å²) >= 11 is 0. The lowest BCUT2D eigenvalue weighted by atomic mass is 10.0. The lowest BCUT2D eigenvalue weighted by molar-refractivity contribution is -0.334. The number of alkyl carbamates (subject to hydrolysis) is 1. The predicted molar refractivity (Wildman–Crippen MR) is 187 cm³/mol. The van der Waals surface area contributed by atoms with E-state index in [1.807, 2.05) is 52.0 Å². The zero-order chi connectivity index (χ0) is 35.9. The first-order chi connectivity index (χ1) is 23.9. The molecule has 1 fully saturated rings. The third kappa shape index (κ3) is 8.75. The highest BCUT2D eigenvalue weighted by Gasteiger charge is 2.28. The maximum atomic E-state index is 12.8. The molecule has 1 aliphatic heterocycles. The van der Waals surface area contributed by atoms with E-state index in [1.165, 1.54) is 7.11 Å². The smallest absolute Gasteiger partial charge is 0.407 e. The van der Waals surface area contributed by atoms with Crippen molar-refractivity contribution in [2.45, 2.75) is 72.1 Å². The first kappa shape index (κ1) is 36.2. The second kappa shape index (κ2) is 16.1. The first-order valence-electron chi connectivity index (χ1n) is 16.7. The Balaban J connectivity index is 1.22. The van der Waals surface area contributed by atoms with E-state index in [4.69, 9.17) is 9.47 Å². The van der Waals surface area contributed by atoms with Gasteiger partial charge in [0.1, 0.15) is 17.7 Å². The van der Waals surface area contributed by atoms with Crippen molar-refractivity contribution < 1.29 is 28.6 Å². The van der Waals surface area contributed by atoms with Crippen molar-refractivity contribution in [2.24, 2.45) is 11.8 Å². The summed E-state index contributed by atoms with van der Waals surface area (Å²) in [5, 5.41) is 11.5. The topological polar surface area (TPSA) is 184 Å². The molecule has 2 aromatic heterocycles. The summed E-state index contributed by atoms with van der Waals surface area (Å²) in [4.78, 5) is 53.0. The van der Waals surface area contributed by atoms with Crippen molar-refractivity contribution >= 4 is 17.9 Å². The first-order valence-corrected chi connectivity index (χ1v) is 16.7. The number of imidazole rings is 2. The van der Waals surface area contributed by atoms with Gasteiger partial charge in [0.05, 0.1) is 49.0 Å². The van der Waals surface area contributed by atoms with Crippen LogP contribution in [0.15, 0.2) is 60.9 Å². The highest BCUT2D eigenvalue weighted by Crippen LogP contribution is 2.29. The Hall–Kier alpha value is -5.05. The Morgan fingerprint density at radius 1 is 0.680 bits per heavy atom. The van der Waals surface area contributed by atoms with Gasteiger partial charge in [-0.2, -0.15) is 0 Å². The van der Waals surface area contributed by atoms with Crippen LogP contribution >= 0.6 is 0 Å². The van der Waals surface area contributed by atoms with Crippen molar-refractivity contribution in [2.75, 3.05) is 13.9 Å². The number of aromatic amines is 2. The number of ether oxygens (including phenoxy) is 3. The van der Waals surface area contributed by atoms with Crippen LogP contribution in [0.5, 0.6) is 0 Å². The zero-order valence-corrected chi connectivity index (χ0v) is 29.4. The summed E-state index contributed by atoms with van der Waals surface area (Å²) in [6, 6.07) is 14.4. The zero-order valence-electron chi connectivity index (χ0n) is 29.4. The van der Waals surface area contributed by atoms with Gasteiger partial charge in [-0.25, -0.2) is 14.8 Å². The Kier molecular flexibility index (Phi) is 11.7. The molecule has 4 aromatic rings. The monoisotopic (exact) mass is 686 g/mol. The second-order valence-electron chi connectivity index (χ2n) is 13.0. The van der Waals surface area contributed by atoms with Crippen LogP contribution in [-0.4, -0.2) is 70.2 Å². The van der Waals surface area contributed by atoms with Gasteiger partial charge in [-0.15, -0.1) is 0 Å². The molecule has 0 spiro atoms. The van der Waals surface area contributed by atoms with Gasteiger partial charge in [-0.05, 0) is 47.9 Å². The number of nitrogens with zero attached hydrogens (tertiary/aromatic N) is 2. The standard InChI is InChI=1S/C36H46N8O6/c1-19(2)29(43-33(45)21(5)39-35(47)48-7)31-37-16-27(41-31)25-12-8-23(9-13-25)24-10-14-26(15-11-24)28-17-38-32(42-28)30(20(3)4)44-34(46)22(6)40-36-49-18-50-36/h8-17,19-22,29-30,36,40H,18H2,1-7H3,(H,37,41)(H,38,42)(H,39,47)(H,43,45)(H,44,46)/t21-,22-,29-,30-/m0/s1. The van der Waals surface area contributed by atoms with Crippen LogP contribution < -0.4 is 21.3 Å². The fourth-order valence-corrected chi connectivity index (χ4v) is 5.44. The number of methoxy groups -OCH3 is 1. The van der Waals surface area contributed by atoms with Gasteiger partial charge in [0.25, 0.3) is 0 Å². The highest BCUT2D eigenvalue weighted by atomic mass is 16.9. The van der Waals surface area contributed by atoms with Gasteiger partial charge in [-0.1, -0.05) is 76.2 Å². The molecule has 0 unspecified atom stereocenters. The summed E-state index contributed by atoms with van der Waals surface area (Å²) in [6.45, 7) is 11.6. The molecule has 14 nitrogen and oxygen atoms in total. The number of carbonyl (C=O) groups is 3. The molecule has 14 heteroatoms. The fraction of sp³-hybridized carbons (Fsp3) is 0.417. The van der Waals surface area contributed by atoms with Crippen molar-refractivity contribution in [3.05, 3.63) is 72.6 Å². The lowest BCUT2D eigenvalue weighted by Crippen LogP contribution is -2.53. The second-order valence-corrected chi connectivity index (χ2v) is 13.0. The number of benzene rings is 2. The molecule has 4 atom stereocenters. The average Bonchev–Trinajstić information content (AvgIpc) is 3.78. The summed E-state index contributed by atoms with van der Waals surface area (Å²) in [5.41, 5.74) is 5.69. The number of aromatic nitrogens is 4. The third-order valence-electron chi connectivity index (χ3n) is 8.57. The maximum absolute atomic E-state index is 12.8. The van der Waals surface area contributed by atoms with E-state index in [1.54, 1.807) is 26.2 Å². The Labute approximate surface area is 291 Å². The van der Waals surface area contributed by atoms with Crippen LogP contribution in [0.3, 0.4) is 0 Å². The van der Waals surface area contributed by atoms with E-state index >= 15 is 0 Å². The molecule has 1 saturated heterocycles. The molecule has 0 aliphatic carbocycles. The summed E-state index contributed by atoms with van der Waals surface area (Å²) < 4.78 is 15.0. The van der Waals surface area contributed by atoms with Crippen molar-refractivity contribution in [1.82, 2.24) is 41.2 Å². The van der Waals surface area contributed by atoms with E-state index < -0.39 is 24.6 Å². The van der Waals surface area contributed by atoms with Crippen LogP contribution in [0.2, 0.25) is 0 Å². The minimum absolute atomic E-state index is 0.0407. The van der Waals surface area contributed by atoms with E-state index in [2.05, 4.69) is 70.2 Å². The summed E-state index contributed by atoms with van der Waals surface area (Å²) in [6.07, 6.45) is 2.30. The normalized spacial score (nSPS) is 15.5. The van der Waals surface area contributed by atoms with Gasteiger partial charge in [0.15, 0.2) is 6.79 Å². The van der Waals surface area contributed by atoms with E-state index in [0.717, 1.165) is 33.6 Å². The van der Waals surface area contributed by atoms with E-state index in [-0.39, 0.29) is 42.5 Å². The molecular formula is C36H46N8O6. The van der Waals surface area contributed by atoms with Gasteiger partial charge >= 0.3 is 6.09 Å². The molecular weight excluding hydrogens is 640 g/mol. The molecule has 0 saturated carbocycles. The predicted octanol–water partition coefficient (Wildman–Crippen LogP) is 4.77. The van der Waals surface area contributed by atoms with E-state index in [9.17, 15) is 14.4 Å². The quantitative estimate of drug-likeness (QED) is 0.109. The van der Waals surface area contributed by atoms with Crippen molar-refractivity contribution in [3.8, 4) is 33.6 Å². The van der Waals surface area contributed by atoms with Gasteiger partial charge in [-0.3, -0.25) is 14.9 Å². The van der Waals surface area contributed by atoms with Gasteiger partial charge < -0.3 is 40.1 Å². The molecule has 0 bridgehead atoms. The van der Waals surface area contributed by atoms with Crippen LogP contribution in [0.1, 0.15) is 65.3 Å². The number of hydrogen-bond acceptors (Lipinski definition) is 9. The molecule has 266 valence electrons. The van der Waals surface area contributed by atoms with Crippen LogP contribution in [0.4, 0.5) is 4.79 Å². The number of hydrogen-bond donors (Lipinski definition) is 6. The van der Waals surface area contributed by atoms with Crippen molar-refractivity contribution in [3.63, 3.8) is 0 Å². The molecule has 3 heterocycles. The molecule has 0 radical (unpaired) electrons. The number of carbonyl (C=O) groups excluding carboxylic acids is 3. The van der Waals surface area contributed by atoms with Crippen LogP contribution in [0.25, 0.3) is 33.6 Å². The molecule has 50 heavy (non-hydrogen) atoms. The largest absolute Gasteiger partial charge is 0.453 e. The highest BCUT2D eigenvalue weighted by molar-refractivity contribution is 5.85. The molecule has 2 aromatic carbocycles. The summed E-state index contributed by atoms with van der Waals surface area (Å²) in [7, 11) is 1.25. The minimum atomic E-state index is -0.769. The third-order valence-corrected chi connectivity index (χ3v) is 8.57. The number of rotatable bonds is 14. The Morgan fingerprint density at radius 2 is 1.10 bits per heavy atom. The van der Waals surface area contributed by atoms with E-state index in [0.29, 0.717) is 11.6 Å². The van der Waals surface area contributed by atoms with Gasteiger partial charge in [0.2, 0.25) is 18.2 Å². The van der Waals surface area contributed by atoms with Crippen molar-refractivity contribution in [1.29, 1.82) is 0 Å². The van der Waals surface area contributed by atoms with Crippen LogP contribution in [-0.2, 0) is 23.8 Å². The number of H-pyrrole nitrogens is 2. The van der Waals surface area contributed by atoms with Crippen LogP contribution in [0, 0.1) is 11.8 Å². The maximum Gasteiger partial charge on any atom is 0.407 e. The molecule has 1 aliphatic rings. The van der Waals surface area contributed by atoms with Gasteiger partial charge in [0, 0.05) is 0 Å². The fourth-order valence-electron chi connectivity index (χ4n) is 5.44. The molecule has 3 amide bonds. The Morgan fingerprint density at radius 3 is 1.48 bits per heavy atom.